The molecule has 1 aliphatic rings. The summed E-state index contributed by atoms with van der Waals surface area (Å²) in [5.74, 6) is 0. The van der Waals surface area contributed by atoms with E-state index in [1.54, 1.807) is 0 Å². The van der Waals surface area contributed by atoms with E-state index in [9.17, 15) is 18.8 Å². The lowest BCUT2D eigenvalue weighted by Crippen LogP contribution is -2.60. The topological polar surface area (TPSA) is 250 Å². The first kappa shape index (κ1) is 22.3. The molecule has 0 saturated carbocycles. The van der Waals surface area contributed by atoms with Gasteiger partial charge in [0.1, 0.15) is 24.4 Å². The van der Waals surface area contributed by atoms with Gasteiger partial charge in [0.25, 0.3) is 0 Å². The molecule has 8 N–H and O–H groups in total. The van der Waals surface area contributed by atoms with Crippen molar-refractivity contribution in [1.29, 1.82) is 0 Å². The molecule has 0 aromatic rings. The average molecular weight is 420 g/mol. The Morgan fingerprint density at radius 3 is 1.50 bits per heavy atom. The monoisotopic (exact) mass is 420 g/mol. The number of ether oxygens (including phenoxy) is 1. The Kier molecular flexibility index (Phi) is 7.27. The predicted molar refractivity (Wildman–Crippen MR) is 68.7 cm³/mol. The summed E-state index contributed by atoms with van der Waals surface area (Å²) < 4.78 is 50.0. The van der Waals surface area contributed by atoms with Gasteiger partial charge in [-0.25, -0.2) is 13.7 Å². The number of aliphatic hydroxyl groups excluding tert-OH is 2. The summed E-state index contributed by atoms with van der Waals surface area (Å²) in [7, 11) is -16.1. The molecule has 0 aromatic carbocycles. The third-order valence-electron chi connectivity index (χ3n) is 2.57. The molecular weight excluding hydrogens is 405 g/mol. The highest BCUT2D eigenvalue weighted by Crippen LogP contribution is 2.49. The summed E-state index contributed by atoms with van der Waals surface area (Å²) >= 11 is 0. The van der Waals surface area contributed by atoms with Gasteiger partial charge in [0.15, 0.2) is 6.29 Å². The van der Waals surface area contributed by atoms with Crippen LogP contribution in [0.1, 0.15) is 0 Å². The van der Waals surface area contributed by atoms with E-state index in [0.717, 1.165) is 0 Å². The number of phosphoric ester groups is 3. The van der Waals surface area contributed by atoms with Gasteiger partial charge in [0.05, 0.1) is 6.61 Å². The average Bonchev–Trinajstić information content (AvgIpc) is 2.32. The number of hydrogen-bond acceptors (Lipinski definition) is 9. The van der Waals surface area contributed by atoms with Crippen LogP contribution in [0.5, 0.6) is 0 Å². The first-order chi connectivity index (χ1) is 10.6. The Morgan fingerprint density at radius 1 is 0.750 bits per heavy atom. The molecule has 1 saturated heterocycles. The van der Waals surface area contributed by atoms with Gasteiger partial charge in [-0.3, -0.25) is 13.6 Å². The van der Waals surface area contributed by atoms with Crippen LogP contribution >= 0.6 is 23.5 Å². The first-order valence-corrected chi connectivity index (χ1v) is 10.4. The molecule has 0 bridgehead atoms. The molecule has 144 valence electrons. The van der Waals surface area contributed by atoms with E-state index in [1.807, 2.05) is 0 Å². The smallest absolute Gasteiger partial charge is 0.394 e. The predicted octanol–water partition coefficient (Wildman–Crippen LogP) is -2.87. The second kappa shape index (κ2) is 7.84. The van der Waals surface area contributed by atoms with E-state index in [0.29, 0.717) is 0 Å². The molecule has 18 heteroatoms. The molecule has 0 amide bonds. The standard InChI is InChI=1S/C6H15O15P3/c7-1-2-3(19-22(9,10)11)4(20-23(12,13)14)5(6(8)18-2)21-24(15,16)17/h2-8H,1H2,(H2,9,10,11)(H2,12,13,14)(H2,15,16,17)/t2-,3-,4+,5-,6-/m1/s1. The van der Waals surface area contributed by atoms with Gasteiger partial charge in [0, 0.05) is 0 Å². The van der Waals surface area contributed by atoms with E-state index in [4.69, 9.17) is 34.5 Å². The van der Waals surface area contributed by atoms with E-state index in [-0.39, 0.29) is 0 Å². The van der Waals surface area contributed by atoms with Crippen LogP contribution in [0.15, 0.2) is 0 Å². The quantitative estimate of drug-likeness (QED) is 0.193. The number of rotatable bonds is 7. The highest BCUT2D eigenvalue weighted by Gasteiger charge is 2.53. The molecule has 1 rings (SSSR count). The fourth-order valence-corrected chi connectivity index (χ4v) is 3.55. The SMILES string of the molecule is O=P(O)(O)O[C@@H]1[C@@H](OP(=O)(O)O)[C@H](O)O[C@H](CO)[C@H]1OP(=O)(O)O. The lowest BCUT2D eigenvalue weighted by molar-refractivity contribution is -0.276. The molecule has 0 spiro atoms. The van der Waals surface area contributed by atoms with E-state index in [2.05, 4.69) is 18.3 Å². The molecule has 0 radical (unpaired) electrons. The fourth-order valence-electron chi connectivity index (χ4n) is 1.88. The van der Waals surface area contributed by atoms with Gasteiger partial charge in [-0.1, -0.05) is 0 Å². The van der Waals surface area contributed by atoms with Crippen molar-refractivity contribution in [2.45, 2.75) is 30.7 Å². The molecule has 0 unspecified atom stereocenters. The van der Waals surface area contributed by atoms with E-state index in [1.165, 1.54) is 0 Å². The van der Waals surface area contributed by atoms with Crippen LogP contribution in [0.3, 0.4) is 0 Å². The van der Waals surface area contributed by atoms with Crippen LogP contribution in [0.4, 0.5) is 0 Å². The minimum Gasteiger partial charge on any atom is -0.394 e. The lowest BCUT2D eigenvalue weighted by atomic mass is 9.99. The Hall–Kier alpha value is 0.210. The zero-order valence-corrected chi connectivity index (χ0v) is 14.1. The van der Waals surface area contributed by atoms with E-state index < -0.39 is 60.8 Å². The van der Waals surface area contributed by atoms with Gasteiger partial charge in [-0.15, -0.1) is 0 Å². The lowest BCUT2D eigenvalue weighted by Gasteiger charge is -2.43. The fraction of sp³-hybridized carbons (Fsp3) is 1.00. The molecule has 0 aromatic heterocycles. The minimum atomic E-state index is -5.42. The Morgan fingerprint density at radius 2 is 1.12 bits per heavy atom. The molecule has 5 atom stereocenters. The molecule has 1 heterocycles. The van der Waals surface area contributed by atoms with Gasteiger partial charge >= 0.3 is 23.5 Å². The van der Waals surface area contributed by atoms with Crippen LogP contribution < -0.4 is 0 Å². The summed E-state index contributed by atoms with van der Waals surface area (Å²) in [4.78, 5) is 52.9. The maximum Gasteiger partial charge on any atom is 0.470 e. The van der Waals surface area contributed by atoms with Crippen LogP contribution in [0.25, 0.3) is 0 Å². The summed E-state index contributed by atoms with van der Waals surface area (Å²) in [5, 5.41) is 18.7. The van der Waals surface area contributed by atoms with Crippen molar-refractivity contribution in [3.05, 3.63) is 0 Å². The maximum atomic E-state index is 11.0. The van der Waals surface area contributed by atoms with Crippen molar-refractivity contribution in [3.63, 3.8) is 0 Å². The van der Waals surface area contributed by atoms with Crippen molar-refractivity contribution in [2.24, 2.45) is 0 Å². The number of hydrogen-bond donors (Lipinski definition) is 8. The van der Waals surface area contributed by atoms with Crippen molar-refractivity contribution in [3.8, 4) is 0 Å². The van der Waals surface area contributed by atoms with Crippen LogP contribution in [0.2, 0.25) is 0 Å². The molecular formula is C6H15O15P3. The Balaban J connectivity index is 3.27. The van der Waals surface area contributed by atoms with Gasteiger partial charge < -0.3 is 44.3 Å². The highest BCUT2D eigenvalue weighted by atomic mass is 31.2. The Labute approximate surface area is 133 Å². The summed E-state index contributed by atoms with van der Waals surface area (Å²) in [6, 6.07) is 0. The van der Waals surface area contributed by atoms with Crippen LogP contribution in [0, 0.1) is 0 Å². The number of aliphatic hydroxyl groups is 2. The van der Waals surface area contributed by atoms with Crippen molar-refractivity contribution >= 4 is 23.5 Å². The number of phosphoric acid groups is 3. The summed E-state index contributed by atoms with van der Waals surface area (Å²) in [6.07, 6.45) is -10.9. The van der Waals surface area contributed by atoms with Crippen molar-refractivity contribution in [1.82, 2.24) is 0 Å². The highest BCUT2D eigenvalue weighted by molar-refractivity contribution is 7.47. The zero-order valence-electron chi connectivity index (χ0n) is 11.4. The molecule has 1 aliphatic heterocycles. The molecule has 1 fully saturated rings. The van der Waals surface area contributed by atoms with Crippen molar-refractivity contribution in [2.75, 3.05) is 6.61 Å². The molecule has 24 heavy (non-hydrogen) atoms. The normalized spacial score (nSPS) is 32.8. The largest absolute Gasteiger partial charge is 0.470 e. The summed E-state index contributed by atoms with van der Waals surface area (Å²) in [5.41, 5.74) is 0. The first-order valence-electron chi connectivity index (χ1n) is 5.79. The van der Waals surface area contributed by atoms with E-state index >= 15 is 0 Å². The van der Waals surface area contributed by atoms with Gasteiger partial charge in [-0.2, -0.15) is 0 Å². The third-order valence-corrected chi connectivity index (χ3v) is 4.12. The van der Waals surface area contributed by atoms with Gasteiger partial charge in [-0.05, 0) is 0 Å². The van der Waals surface area contributed by atoms with Crippen LogP contribution in [-0.2, 0) is 32.0 Å². The Bertz CT molecular complexity index is 560. The van der Waals surface area contributed by atoms with Crippen LogP contribution in [-0.4, -0.2) is 76.9 Å². The third kappa shape index (κ3) is 7.22. The second-order valence-electron chi connectivity index (χ2n) is 4.43. The maximum absolute atomic E-state index is 11.0. The minimum absolute atomic E-state index is 1.06. The second-order valence-corrected chi connectivity index (χ2v) is 8.01. The van der Waals surface area contributed by atoms with Crippen molar-refractivity contribution < 1.29 is 71.6 Å². The zero-order chi connectivity index (χ0) is 18.9. The summed E-state index contributed by atoms with van der Waals surface area (Å²) in [6.45, 7) is -1.06. The molecule has 0 aliphatic carbocycles. The molecule has 15 nitrogen and oxygen atoms in total. The van der Waals surface area contributed by atoms with Gasteiger partial charge in [0.2, 0.25) is 0 Å².